The molecule has 0 saturated carbocycles. The van der Waals surface area contributed by atoms with Crippen LogP contribution < -0.4 is 5.32 Å². The van der Waals surface area contributed by atoms with E-state index >= 15 is 0 Å². The number of imidazole rings is 1. The molecular weight excluding hydrogens is 426 g/mol. The standard InChI is InChI=1S/C27H29N5O2/c1-27(2,3)34-26(33)31-23(17-22-7-5-6-14-29-22)25-30-18-24(32(25)4)21-10-8-19(9-11-21)20-12-15-28-16-13-20/h5-16,18,23H,17H2,1-4H3,(H,31,33). The van der Waals surface area contributed by atoms with Gasteiger partial charge in [-0.25, -0.2) is 9.78 Å². The quantitative estimate of drug-likeness (QED) is 0.424. The lowest BCUT2D eigenvalue weighted by atomic mass is 10.0. The van der Waals surface area contributed by atoms with Gasteiger partial charge in [0, 0.05) is 37.8 Å². The monoisotopic (exact) mass is 455 g/mol. The number of carbonyl (C=O) groups is 1. The van der Waals surface area contributed by atoms with Gasteiger partial charge in [-0.2, -0.15) is 0 Å². The predicted octanol–water partition coefficient (Wildman–Crippen LogP) is 5.35. The summed E-state index contributed by atoms with van der Waals surface area (Å²) in [6, 6.07) is 17.6. The van der Waals surface area contributed by atoms with Gasteiger partial charge in [-0.05, 0) is 61.7 Å². The lowest BCUT2D eigenvalue weighted by Crippen LogP contribution is -2.36. The number of ether oxygens (including phenoxy) is 1. The molecule has 3 aromatic heterocycles. The normalized spacial score (nSPS) is 12.2. The van der Waals surface area contributed by atoms with Crippen molar-refractivity contribution in [1.29, 1.82) is 0 Å². The molecule has 34 heavy (non-hydrogen) atoms. The Hall–Kier alpha value is -4.00. The van der Waals surface area contributed by atoms with Gasteiger partial charge < -0.3 is 14.6 Å². The van der Waals surface area contributed by atoms with Crippen LogP contribution in [0, 0.1) is 0 Å². The Balaban J connectivity index is 1.61. The average Bonchev–Trinajstić information content (AvgIpc) is 3.20. The number of nitrogens with zero attached hydrogens (tertiary/aromatic N) is 4. The van der Waals surface area contributed by atoms with Gasteiger partial charge in [0.25, 0.3) is 0 Å². The molecule has 1 unspecified atom stereocenters. The molecule has 1 aromatic carbocycles. The van der Waals surface area contributed by atoms with E-state index in [2.05, 4.69) is 44.5 Å². The topological polar surface area (TPSA) is 81.9 Å². The SMILES string of the molecule is Cn1c(-c2ccc(-c3ccncc3)cc2)cnc1C(Cc1ccccn1)NC(=O)OC(C)(C)C. The number of hydrogen-bond acceptors (Lipinski definition) is 5. The van der Waals surface area contributed by atoms with Crippen molar-refractivity contribution in [3.05, 3.63) is 90.9 Å². The van der Waals surface area contributed by atoms with Crippen molar-refractivity contribution in [3.63, 3.8) is 0 Å². The van der Waals surface area contributed by atoms with E-state index < -0.39 is 17.7 Å². The third-order valence-corrected chi connectivity index (χ3v) is 5.36. The molecule has 4 aromatic rings. The molecule has 0 aliphatic rings. The summed E-state index contributed by atoms with van der Waals surface area (Å²) in [6.45, 7) is 5.53. The molecular formula is C27H29N5O2. The highest BCUT2D eigenvalue weighted by Crippen LogP contribution is 2.27. The fraction of sp³-hybridized carbons (Fsp3) is 0.259. The van der Waals surface area contributed by atoms with Gasteiger partial charge in [0.15, 0.2) is 0 Å². The van der Waals surface area contributed by atoms with Gasteiger partial charge in [0.2, 0.25) is 0 Å². The smallest absolute Gasteiger partial charge is 0.408 e. The molecule has 1 amide bonds. The number of pyridine rings is 2. The van der Waals surface area contributed by atoms with E-state index in [1.165, 1.54) is 0 Å². The maximum atomic E-state index is 12.6. The van der Waals surface area contributed by atoms with E-state index in [1.54, 1.807) is 18.6 Å². The third-order valence-electron chi connectivity index (χ3n) is 5.36. The summed E-state index contributed by atoms with van der Waals surface area (Å²) in [6.07, 6.45) is 7.16. The van der Waals surface area contributed by atoms with Crippen LogP contribution in [0.4, 0.5) is 4.79 Å². The van der Waals surface area contributed by atoms with Gasteiger partial charge >= 0.3 is 6.09 Å². The van der Waals surface area contributed by atoms with E-state index in [1.807, 2.05) is 68.9 Å². The van der Waals surface area contributed by atoms with Crippen molar-refractivity contribution >= 4 is 6.09 Å². The van der Waals surface area contributed by atoms with Crippen LogP contribution in [-0.2, 0) is 18.2 Å². The van der Waals surface area contributed by atoms with Gasteiger partial charge in [-0.1, -0.05) is 30.3 Å². The van der Waals surface area contributed by atoms with E-state index in [9.17, 15) is 4.79 Å². The summed E-state index contributed by atoms with van der Waals surface area (Å²) in [5.74, 6) is 0.727. The van der Waals surface area contributed by atoms with Crippen LogP contribution in [-0.4, -0.2) is 31.2 Å². The van der Waals surface area contributed by atoms with Gasteiger partial charge in [0.05, 0.1) is 17.9 Å². The molecule has 1 N–H and O–H groups in total. The second-order valence-electron chi connectivity index (χ2n) is 9.10. The van der Waals surface area contributed by atoms with E-state index in [4.69, 9.17) is 4.74 Å². The summed E-state index contributed by atoms with van der Waals surface area (Å²) in [7, 11) is 1.95. The van der Waals surface area contributed by atoms with Gasteiger partial charge in [0.1, 0.15) is 11.4 Å². The van der Waals surface area contributed by atoms with E-state index in [0.29, 0.717) is 6.42 Å². The Morgan fingerprint density at radius 2 is 1.62 bits per heavy atom. The second kappa shape index (κ2) is 9.87. The Morgan fingerprint density at radius 1 is 0.941 bits per heavy atom. The Bertz CT molecular complexity index is 1230. The molecule has 7 nitrogen and oxygen atoms in total. The average molecular weight is 456 g/mol. The maximum Gasteiger partial charge on any atom is 0.408 e. The minimum absolute atomic E-state index is 0.403. The van der Waals surface area contributed by atoms with Crippen LogP contribution >= 0.6 is 0 Å². The highest BCUT2D eigenvalue weighted by Gasteiger charge is 2.25. The molecule has 0 spiro atoms. The molecule has 0 bridgehead atoms. The molecule has 0 radical (unpaired) electrons. The number of aromatic nitrogens is 4. The summed E-state index contributed by atoms with van der Waals surface area (Å²) in [5, 5.41) is 2.98. The Kier molecular flexibility index (Phi) is 6.72. The molecule has 1 atom stereocenters. The van der Waals surface area contributed by atoms with Crippen molar-refractivity contribution < 1.29 is 9.53 Å². The van der Waals surface area contributed by atoms with Crippen molar-refractivity contribution in [3.8, 4) is 22.4 Å². The minimum Gasteiger partial charge on any atom is -0.444 e. The first kappa shape index (κ1) is 23.2. The summed E-state index contributed by atoms with van der Waals surface area (Å²) >= 11 is 0. The number of hydrogen-bond donors (Lipinski definition) is 1. The number of alkyl carbamates (subject to hydrolysis) is 1. The lowest BCUT2D eigenvalue weighted by molar-refractivity contribution is 0.0500. The van der Waals surface area contributed by atoms with Crippen LogP contribution in [0.15, 0.2) is 79.4 Å². The zero-order valence-electron chi connectivity index (χ0n) is 19.9. The van der Waals surface area contributed by atoms with Crippen LogP contribution in [0.2, 0.25) is 0 Å². The molecule has 0 saturated heterocycles. The van der Waals surface area contributed by atoms with Crippen LogP contribution in [0.25, 0.3) is 22.4 Å². The van der Waals surface area contributed by atoms with Gasteiger partial charge in [-0.15, -0.1) is 0 Å². The largest absolute Gasteiger partial charge is 0.444 e. The fourth-order valence-corrected chi connectivity index (χ4v) is 3.78. The number of amides is 1. The summed E-state index contributed by atoms with van der Waals surface area (Å²) < 4.78 is 7.51. The van der Waals surface area contributed by atoms with Gasteiger partial charge in [-0.3, -0.25) is 9.97 Å². The summed E-state index contributed by atoms with van der Waals surface area (Å²) in [4.78, 5) is 25.8. The van der Waals surface area contributed by atoms with Crippen molar-refractivity contribution in [1.82, 2.24) is 24.8 Å². The van der Waals surface area contributed by atoms with Crippen LogP contribution in [0.1, 0.15) is 38.3 Å². The fourth-order valence-electron chi connectivity index (χ4n) is 3.78. The van der Waals surface area contributed by atoms with E-state index in [0.717, 1.165) is 33.9 Å². The first-order chi connectivity index (χ1) is 16.3. The first-order valence-corrected chi connectivity index (χ1v) is 11.2. The number of carbonyl (C=O) groups excluding carboxylic acids is 1. The van der Waals surface area contributed by atoms with Crippen LogP contribution in [0.5, 0.6) is 0 Å². The first-order valence-electron chi connectivity index (χ1n) is 11.2. The number of rotatable bonds is 6. The zero-order valence-corrected chi connectivity index (χ0v) is 19.9. The molecule has 174 valence electrons. The zero-order chi connectivity index (χ0) is 24.1. The number of benzene rings is 1. The predicted molar refractivity (Wildman–Crippen MR) is 132 cm³/mol. The minimum atomic E-state index is -0.594. The van der Waals surface area contributed by atoms with E-state index in [-0.39, 0.29) is 0 Å². The third kappa shape index (κ3) is 5.67. The second-order valence-corrected chi connectivity index (χ2v) is 9.10. The Morgan fingerprint density at radius 3 is 2.26 bits per heavy atom. The Labute approximate surface area is 199 Å². The molecule has 0 fully saturated rings. The summed E-state index contributed by atoms with van der Waals surface area (Å²) in [5.41, 5.74) is 4.48. The van der Waals surface area contributed by atoms with Crippen molar-refractivity contribution in [2.45, 2.75) is 38.8 Å². The lowest BCUT2D eigenvalue weighted by Gasteiger charge is -2.23. The molecule has 3 heterocycles. The molecule has 7 heteroatoms. The number of nitrogens with one attached hydrogen (secondary N) is 1. The van der Waals surface area contributed by atoms with Crippen molar-refractivity contribution in [2.24, 2.45) is 7.05 Å². The maximum absolute atomic E-state index is 12.6. The highest BCUT2D eigenvalue weighted by atomic mass is 16.6. The molecule has 0 aliphatic heterocycles. The van der Waals surface area contributed by atoms with Crippen LogP contribution in [0.3, 0.4) is 0 Å². The molecule has 4 rings (SSSR count). The molecule has 0 aliphatic carbocycles. The highest BCUT2D eigenvalue weighted by molar-refractivity contribution is 5.70. The van der Waals surface area contributed by atoms with Crippen molar-refractivity contribution in [2.75, 3.05) is 0 Å².